The van der Waals surface area contributed by atoms with Crippen LogP contribution < -0.4 is 0 Å². The molecule has 19 heavy (non-hydrogen) atoms. The minimum Gasteiger partial charge on any atom is -0.478 e. The Balaban J connectivity index is 2.29. The molecule has 0 aliphatic carbocycles. The van der Waals surface area contributed by atoms with E-state index in [9.17, 15) is 4.79 Å². The number of carbonyl (C=O) groups is 1. The van der Waals surface area contributed by atoms with Crippen LogP contribution >= 0.6 is 34.5 Å². The van der Waals surface area contributed by atoms with Crippen molar-refractivity contribution in [1.29, 1.82) is 0 Å². The Bertz CT molecular complexity index is 796. The molecule has 0 unspecified atom stereocenters. The van der Waals surface area contributed by atoms with E-state index in [0.29, 0.717) is 15.8 Å². The highest BCUT2D eigenvalue weighted by Gasteiger charge is 2.15. The number of thiophene rings is 1. The van der Waals surface area contributed by atoms with Crippen LogP contribution in [0.5, 0.6) is 0 Å². The van der Waals surface area contributed by atoms with Gasteiger partial charge in [-0.15, -0.1) is 21.5 Å². The molecular weight excluding hydrogens is 309 g/mol. The van der Waals surface area contributed by atoms with Gasteiger partial charge >= 0.3 is 5.97 Å². The molecule has 0 radical (unpaired) electrons. The van der Waals surface area contributed by atoms with E-state index in [2.05, 4.69) is 10.2 Å². The summed E-state index contributed by atoms with van der Waals surface area (Å²) in [6, 6.07) is 4.88. The van der Waals surface area contributed by atoms with Crippen molar-refractivity contribution in [1.82, 2.24) is 14.6 Å². The predicted molar refractivity (Wildman–Crippen MR) is 73.3 cm³/mol. The Labute approximate surface area is 121 Å². The van der Waals surface area contributed by atoms with Gasteiger partial charge in [0.25, 0.3) is 0 Å². The third-order valence-corrected chi connectivity index (χ3v) is 4.01. The van der Waals surface area contributed by atoms with E-state index < -0.39 is 5.97 Å². The number of carboxylic acid groups (broad SMARTS) is 1. The molecule has 0 saturated carbocycles. The molecule has 3 heterocycles. The summed E-state index contributed by atoms with van der Waals surface area (Å²) < 4.78 is 2.17. The van der Waals surface area contributed by atoms with Gasteiger partial charge in [-0.2, -0.15) is 0 Å². The number of halogens is 2. The van der Waals surface area contributed by atoms with Gasteiger partial charge in [-0.05, 0) is 18.2 Å². The first-order chi connectivity index (χ1) is 9.06. The molecule has 8 heteroatoms. The van der Waals surface area contributed by atoms with Gasteiger partial charge in [-0.3, -0.25) is 4.40 Å². The number of aromatic carboxylic acids is 1. The van der Waals surface area contributed by atoms with Crippen LogP contribution in [0.4, 0.5) is 0 Å². The molecule has 3 rings (SSSR count). The highest BCUT2D eigenvalue weighted by atomic mass is 35.5. The van der Waals surface area contributed by atoms with E-state index in [1.807, 2.05) is 0 Å². The average Bonchev–Trinajstić information content (AvgIpc) is 2.94. The van der Waals surface area contributed by atoms with E-state index in [0.717, 1.165) is 4.88 Å². The lowest BCUT2D eigenvalue weighted by molar-refractivity contribution is 0.0696. The van der Waals surface area contributed by atoms with Gasteiger partial charge < -0.3 is 5.11 Å². The number of nitrogens with zero attached hydrogens (tertiary/aromatic N) is 3. The van der Waals surface area contributed by atoms with Gasteiger partial charge in [0.2, 0.25) is 0 Å². The number of fused-ring (bicyclic) bond motifs is 1. The Hall–Kier alpha value is -1.63. The highest BCUT2D eigenvalue weighted by Crippen LogP contribution is 2.31. The van der Waals surface area contributed by atoms with Gasteiger partial charge in [0.05, 0.1) is 19.8 Å². The SMILES string of the molecule is O=C(O)c1cc(Cl)c2nnc(-c3ccc(Cl)s3)n2c1. The van der Waals surface area contributed by atoms with Crippen molar-refractivity contribution >= 4 is 46.2 Å². The molecule has 0 aliphatic heterocycles. The first-order valence-electron chi connectivity index (χ1n) is 5.09. The molecular formula is C11H5Cl2N3O2S. The molecule has 0 aromatic carbocycles. The Morgan fingerprint density at radius 1 is 1.32 bits per heavy atom. The molecule has 96 valence electrons. The molecule has 5 nitrogen and oxygen atoms in total. The molecule has 0 bridgehead atoms. The lowest BCUT2D eigenvalue weighted by Gasteiger charge is -2.01. The topological polar surface area (TPSA) is 67.5 Å². The monoisotopic (exact) mass is 313 g/mol. The minimum atomic E-state index is -1.06. The minimum absolute atomic E-state index is 0.0706. The summed E-state index contributed by atoms with van der Waals surface area (Å²) in [5, 5.41) is 17.3. The van der Waals surface area contributed by atoms with E-state index in [1.54, 1.807) is 16.5 Å². The first-order valence-corrected chi connectivity index (χ1v) is 6.67. The van der Waals surface area contributed by atoms with E-state index in [-0.39, 0.29) is 10.6 Å². The predicted octanol–water partition coefficient (Wildman–Crippen LogP) is 3.46. The molecule has 3 aromatic heterocycles. The van der Waals surface area contributed by atoms with Crippen LogP contribution in [0.3, 0.4) is 0 Å². The quantitative estimate of drug-likeness (QED) is 0.786. The smallest absolute Gasteiger partial charge is 0.337 e. The van der Waals surface area contributed by atoms with Crippen molar-refractivity contribution in [3.05, 3.63) is 39.3 Å². The number of rotatable bonds is 2. The summed E-state index contributed by atoms with van der Waals surface area (Å²) in [6.07, 6.45) is 1.44. The van der Waals surface area contributed by atoms with Crippen LogP contribution in [0.25, 0.3) is 16.3 Å². The van der Waals surface area contributed by atoms with Crippen molar-refractivity contribution in [3.8, 4) is 10.7 Å². The Kier molecular flexibility index (Phi) is 2.93. The van der Waals surface area contributed by atoms with E-state index in [1.165, 1.54) is 23.6 Å². The fourth-order valence-electron chi connectivity index (χ4n) is 1.67. The zero-order valence-corrected chi connectivity index (χ0v) is 11.5. The summed E-state index contributed by atoms with van der Waals surface area (Å²) in [4.78, 5) is 11.8. The largest absolute Gasteiger partial charge is 0.478 e. The van der Waals surface area contributed by atoms with Crippen LogP contribution in [-0.4, -0.2) is 25.7 Å². The van der Waals surface area contributed by atoms with Crippen molar-refractivity contribution in [2.45, 2.75) is 0 Å². The fraction of sp³-hybridized carbons (Fsp3) is 0. The van der Waals surface area contributed by atoms with Crippen LogP contribution in [0.2, 0.25) is 9.36 Å². The second-order valence-electron chi connectivity index (χ2n) is 3.70. The summed E-state index contributed by atoms with van der Waals surface area (Å²) in [5.74, 6) is -0.551. The van der Waals surface area contributed by atoms with Gasteiger partial charge in [0.15, 0.2) is 11.5 Å². The Morgan fingerprint density at radius 3 is 2.74 bits per heavy atom. The molecule has 3 aromatic rings. The number of hydrogen-bond donors (Lipinski definition) is 1. The molecule has 0 fully saturated rings. The van der Waals surface area contributed by atoms with Gasteiger partial charge in [-0.1, -0.05) is 23.2 Å². The van der Waals surface area contributed by atoms with Crippen molar-refractivity contribution in [2.75, 3.05) is 0 Å². The summed E-state index contributed by atoms with van der Waals surface area (Å²) in [6.45, 7) is 0. The zero-order valence-electron chi connectivity index (χ0n) is 9.17. The third-order valence-electron chi connectivity index (χ3n) is 2.50. The second kappa shape index (κ2) is 4.48. The third kappa shape index (κ3) is 2.07. The fourth-order valence-corrected chi connectivity index (χ4v) is 2.94. The number of carboxylic acids is 1. The Morgan fingerprint density at radius 2 is 2.11 bits per heavy atom. The highest BCUT2D eigenvalue weighted by molar-refractivity contribution is 7.19. The number of pyridine rings is 1. The van der Waals surface area contributed by atoms with Crippen LogP contribution in [0.15, 0.2) is 24.4 Å². The molecule has 0 spiro atoms. The maximum Gasteiger partial charge on any atom is 0.337 e. The molecule has 0 atom stereocenters. The number of aromatic nitrogens is 3. The maximum absolute atomic E-state index is 11.0. The summed E-state index contributed by atoms with van der Waals surface area (Å²) in [7, 11) is 0. The standard InChI is InChI=1S/C11H5Cl2N3O2S/c12-6-3-5(11(17)18)4-16-9(6)14-15-10(16)7-1-2-8(13)19-7/h1-4H,(H,17,18). The van der Waals surface area contributed by atoms with Crippen LogP contribution in [-0.2, 0) is 0 Å². The van der Waals surface area contributed by atoms with Gasteiger partial charge in [0, 0.05) is 6.20 Å². The van der Waals surface area contributed by atoms with Crippen molar-refractivity contribution < 1.29 is 9.90 Å². The number of hydrogen-bond acceptors (Lipinski definition) is 4. The van der Waals surface area contributed by atoms with Gasteiger partial charge in [0.1, 0.15) is 0 Å². The van der Waals surface area contributed by atoms with E-state index >= 15 is 0 Å². The lowest BCUT2D eigenvalue weighted by atomic mass is 10.3. The normalized spacial score (nSPS) is 11.1. The van der Waals surface area contributed by atoms with Crippen LogP contribution in [0.1, 0.15) is 10.4 Å². The van der Waals surface area contributed by atoms with E-state index in [4.69, 9.17) is 28.3 Å². The second-order valence-corrected chi connectivity index (χ2v) is 5.83. The van der Waals surface area contributed by atoms with Crippen molar-refractivity contribution in [2.24, 2.45) is 0 Å². The molecule has 0 saturated heterocycles. The first kappa shape index (κ1) is 12.4. The zero-order chi connectivity index (χ0) is 13.6. The van der Waals surface area contributed by atoms with Crippen LogP contribution in [0, 0.1) is 0 Å². The molecule has 0 amide bonds. The van der Waals surface area contributed by atoms with Gasteiger partial charge in [-0.25, -0.2) is 4.79 Å². The van der Waals surface area contributed by atoms with Crippen molar-refractivity contribution in [3.63, 3.8) is 0 Å². The summed E-state index contributed by atoms with van der Waals surface area (Å²) in [5.41, 5.74) is 0.479. The maximum atomic E-state index is 11.0. The average molecular weight is 314 g/mol. The summed E-state index contributed by atoms with van der Waals surface area (Å²) >= 11 is 13.2. The lowest BCUT2D eigenvalue weighted by Crippen LogP contribution is -2.00. The molecule has 1 N–H and O–H groups in total. The molecule has 0 aliphatic rings.